The SMILES string of the molecule is CCCn1nnnc1CN1CCNCC1C#N. The van der Waals surface area contributed by atoms with Gasteiger partial charge in [0.05, 0.1) is 12.6 Å². The lowest BCUT2D eigenvalue weighted by Gasteiger charge is -2.31. The number of aromatic nitrogens is 4. The second-order valence-electron chi connectivity index (χ2n) is 4.14. The van der Waals surface area contributed by atoms with E-state index < -0.39 is 0 Å². The third kappa shape index (κ3) is 2.78. The highest BCUT2D eigenvalue weighted by atomic mass is 15.5. The normalized spacial score (nSPS) is 21.3. The number of rotatable bonds is 4. The Bertz CT molecular complexity index is 394. The summed E-state index contributed by atoms with van der Waals surface area (Å²) in [7, 11) is 0. The summed E-state index contributed by atoms with van der Waals surface area (Å²) in [5, 5.41) is 24.0. The Hall–Kier alpha value is -1.52. The maximum absolute atomic E-state index is 9.07. The van der Waals surface area contributed by atoms with Gasteiger partial charge in [-0.1, -0.05) is 6.92 Å². The van der Waals surface area contributed by atoms with Crippen molar-refractivity contribution in [3.05, 3.63) is 5.82 Å². The Balaban J connectivity index is 2.03. The predicted octanol–water partition coefficient (Wildman–Crippen LogP) is -0.620. The van der Waals surface area contributed by atoms with Gasteiger partial charge in [-0.15, -0.1) is 5.10 Å². The van der Waals surface area contributed by atoms with Crippen molar-refractivity contribution in [3.8, 4) is 6.07 Å². The first-order valence-electron chi connectivity index (χ1n) is 5.94. The van der Waals surface area contributed by atoms with E-state index in [1.165, 1.54) is 0 Å². The number of nitriles is 1. The second-order valence-corrected chi connectivity index (χ2v) is 4.14. The fourth-order valence-electron chi connectivity index (χ4n) is 1.97. The molecule has 2 rings (SSSR count). The van der Waals surface area contributed by atoms with Crippen LogP contribution in [0.5, 0.6) is 0 Å². The van der Waals surface area contributed by atoms with Gasteiger partial charge in [-0.05, 0) is 16.8 Å². The zero-order chi connectivity index (χ0) is 12.1. The summed E-state index contributed by atoms with van der Waals surface area (Å²) in [5.41, 5.74) is 0. The average Bonchev–Trinajstić information content (AvgIpc) is 2.78. The van der Waals surface area contributed by atoms with Crippen LogP contribution >= 0.6 is 0 Å². The van der Waals surface area contributed by atoms with Gasteiger partial charge < -0.3 is 5.32 Å². The van der Waals surface area contributed by atoms with Crippen LogP contribution in [0, 0.1) is 11.3 Å². The minimum Gasteiger partial charge on any atom is -0.313 e. The lowest BCUT2D eigenvalue weighted by atomic mass is 10.2. The first-order chi connectivity index (χ1) is 8.35. The lowest BCUT2D eigenvalue weighted by molar-refractivity contribution is 0.181. The van der Waals surface area contributed by atoms with Crippen molar-refractivity contribution in [3.63, 3.8) is 0 Å². The Morgan fingerprint density at radius 3 is 3.24 bits per heavy atom. The number of nitrogens with zero attached hydrogens (tertiary/aromatic N) is 6. The zero-order valence-electron chi connectivity index (χ0n) is 10.0. The number of hydrogen-bond donors (Lipinski definition) is 1. The standard InChI is InChI=1S/C10H17N7/c1-2-4-17-10(13-14-15-17)8-16-5-3-12-7-9(16)6-11/h9,12H,2-5,7-8H2,1H3. The van der Waals surface area contributed by atoms with E-state index in [9.17, 15) is 0 Å². The zero-order valence-corrected chi connectivity index (χ0v) is 10.0. The van der Waals surface area contributed by atoms with Crippen LogP contribution in [-0.4, -0.2) is 50.8 Å². The molecule has 92 valence electrons. The van der Waals surface area contributed by atoms with Crippen LogP contribution < -0.4 is 5.32 Å². The lowest BCUT2D eigenvalue weighted by Crippen LogP contribution is -2.50. The number of aryl methyl sites for hydroxylation is 1. The molecular weight excluding hydrogens is 218 g/mol. The monoisotopic (exact) mass is 235 g/mol. The van der Waals surface area contributed by atoms with E-state index in [0.29, 0.717) is 13.1 Å². The molecular formula is C10H17N7. The summed E-state index contributed by atoms with van der Waals surface area (Å²) >= 11 is 0. The van der Waals surface area contributed by atoms with Crippen LogP contribution in [0.3, 0.4) is 0 Å². The van der Waals surface area contributed by atoms with E-state index in [4.69, 9.17) is 5.26 Å². The minimum atomic E-state index is -0.0875. The highest BCUT2D eigenvalue weighted by molar-refractivity contribution is 4.98. The molecule has 1 N–H and O–H groups in total. The number of hydrogen-bond acceptors (Lipinski definition) is 6. The van der Waals surface area contributed by atoms with Crippen molar-refractivity contribution in [1.82, 2.24) is 30.4 Å². The Morgan fingerprint density at radius 1 is 1.59 bits per heavy atom. The molecule has 2 heterocycles. The molecule has 1 aliphatic rings. The van der Waals surface area contributed by atoms with Gasteiger partial charge in [-0.2, -0.15) is 5.26 Å². The van der Waals surface area contributed by atoms with E-state index in [0.717, 1.165) is 31.9 Å². The third-order valence-corrected chi connectivity index (χ3v) is 2.89. The molecule has 7 heteroatoms. The Kier molecular flexibility index (Phi) is 4.01. The highest BCUT2D eigenvalue weighted by Crippen LogP contribution is 2.07. The molecule has 0 aliphatic carbocycles. The van der Waals surface area contributed by atoms with E-state index in [1.54, 1.807) is 0 Å². The van der Waals surface area contributed by atoms with Crippen molar-refractivity contribution in [2.45, 2.75) is 32.5 Å². The molecule has 0 aromatic carbocycles. The van der Waals surface area contributed by atoms with Crippen molar-refractivity contribution >= 4 is 0 Å². The second kappa shape index (κ2) is 5.70. The first-order valence-corrected chi connectivity index (χ1v) is 5.94. The largest absolute Gasteiger partial charge is 0.313 e. The fraction of sp³-hybridized carbons (Fsp3) is 0.800. The summed E-state index contributed by atoms with van der Waals surface area (Å²) in [5.74, 6) is 0.842. The fourth-order valence-corrected chi connectivity index (χ4v) is 1.97. The van der Waals surface area contributed by atoms with Crippen LogP contribution in [0.2, 0.25) is 0 Å². The summed E-state index contributed by atoms with van der Waals surface area (Å²) in [6, 6.07) is 2.22. The van der Waals surface area contributed by atoms with Gasteiger partial charge in [-0.25, -0.2) is 4.68 Å². The van der Waals surface area contributed by atoms with Crippen LogP contribution in [0.15, 0.2) is 0 Å². The molecule has 0 amide bonds. The van der Waals surface area contributed by atoms with E-state index in [1.807, 2.05) is 4.68 Å². The number of piperazine rings is 1. The molecule has 1 aromatic heterocycles. The Labute approximate surface area is 100 Å². The maximum Gasteiger partial charge on any atom is 0.165 e. The molecule has 17 heavy (non-hydrogen) atoms. The van der Waals surface area contributed by atoms with Gasteiger partial charge in [-0.3, -0.25) is 4.90 Å². The number of tetrazole rings is 1. The summed E-state index contributed by atoms with van der Waals surface area (Å²) in [6.45, 7) is 6.05. The molecule has 1 aromatic rings. The first kappa shape index (κ1) is 12.0. The average molecular weight is 235 g/mol. The van der Waals surface area contributed by atoms with Crippen LogP contribution in [-0.2, 0) is 13.1 Å². The highest BCUT2D eigenvalue weighted by Gasteiger charge is 2.23. The van der Waals surface area contributed by atoms with Gasteiger partial charge in [0.25, 0.3) is 0 Å². The summed E-state index contributed by atoms with van der Waals surface area (Å²) < 4.78 is 1.82. The minimum absolute atomic E-state index is 0.0875. The maximum atomic E-state index is 9.07. The Morgan fingerprint density at radius 2 is 2.47 bits per heavy atom. The van der Waals surface area contributed by atoms with Crippen molar-refractivity contribution in [2.24, 2.45) is 0 Å². The molecule has 1 fully saturated rings. The van der Waals surface area contributed by atoms with E-state index >= 15 is 0 Å². The van der Waals surface area contributed by atoms with Gasteiger partial charge in [0, 0.05) is 26.2 Å². The molecule has 0 bridgehead atoms. The van der Waals surface area contributed by atoms with Gasteiger partial charge in [0.15, 0.2) is 5.82 Å². The summed E-state index contributed by atoms with van der Waals surface area (Å²) in [6.07, 6.45) is 1.00. The van der Waals surface area contributed by atoms with Crippen molar-refractivity contribution < 1.29 is 0 Å². The quantitative estimate of drug-likeness (QED) is 0.749. The molecule has 1 aliphatic heterocycles. The van der Waals surface area contributed by atoms with E-state index in [-0.39, 0.29) is 6.04 Å². The van der Waals surface area contributed by atoms with Gasteiger partial charge in [0.1, 0.15) is 6.04 Å². The number of nitrogens with one attached hydrogen (secondary N) is 1. The van der Waals surface area contributed by atoms with Crippen molar-refractivity contribution in [1.29, 1.82) is 5.26 Å². The molecule has 1 unspecified atom stereocenters. The topological polar surface area (TPSA) is 82.7 Å². The molecule has 1 saturated heterocycles. The predicted molar refractivity (Wildman–Crippen MR) is 60.8 cm³/mol. The van der Waals surface area contributed by atoms with Crippen LogP contribution in [0.4, 0.5) is 0 Å². The van der Waals surface area contributed by atoms with Gasteiger partial charge >= 0.3 is 0 Å². The molecule has 0 spiro atoms. The molecule has 0 radical (unpaired) electrons. The molecule has 0 saturated carbocycles. The van der Waals surface area contributed by atoms with Gasteiger partial charge in [0.2, 0.25) is 0 Å². The molecule has 1 atom stereocenters. The molecule has 7 nitrogen and oxygen atoms in total. The smallest absolute Gasteiger partial charge is 0.165 e. The third-order valence-electron chi connectivity index (χ3n) is 2.89. The van der Waals surface area contributed by atoms with Crippen LogP contribution in [0.1, 0.15) is 19.2 Å². The van der Waals surface area contributed by atoms with E-state index in [2.05, 4.69) is 38.7 Å². The van der Waals surface area contributed by atoms with Crippen LogP contribution in [0.25, 0.3) is 0 Å². The summed E-state index contributed by atoms with van der Waals surface area (Å²) in [4.78, 5) is 2.12. The van der Waals surface area contributed by atoms with Crippen molar-refractivity contribution in [2.75, 3.05) is 19.6 Å².